The number of rotatable bonds is 6. The van der Waals surface area contributed by atoms with E-state index in [1.807, 2.05) is 42.1 Å². The molecule has 0 aliphatic rings. The van der Waals surface area contributed by atoms with Gasteiger partial charge in [0.15, 0.2) is 0 Å². The van der Waals surface area contributed by atoms with Crippen LogP contribution in [0.4, 0.5) is 0 Å². The first-order valence-electron chi connectivity index (χ1n) is 7.06. The quantitative estimate of drug-likeness (QED) is 0.791. The first-order chi connectivity index (χ1) is 9.24. The predicted octanol–water partition coefficient (Wildman–Crippen LogP) is 3.49. The van der Waals surface area contributed by atoms with Gasteiger partial charge in [0.2, 0.25) is 0 Å². The highest BCUT2D eigenvalue weighted by Crippen LogP contribution is 2.19. The molecular weight excluding hydrogens is 236 g/mol. The van der Waals surface area contributed by atoms with Crippen LogP contribution in [0.3, 0.4) is 0 Å². The molecule has 3 heteroatoms. The standard InChI is InChI=1S/C16H22N2O/c1-3-4-5-8-11-17-16(19)14-12-18(2)15-10-7-6-9-13(14)15/h6-7,9-10,12H,3-5,8,11H2,1-2H3,(H,17,19). The van der Waals surface area contributed by atoms with Crippen molar-refractivity contribution in [2.45, 2.75) is 32.6 Å². The molecule has 0 aliphatic carbocycles. The van der Waals surface area contributed by atoms with Gasteiger partial charge in [-0.2, -0.15) is 0 Å². The Bertz CT molecular complexity index is 557. The summed E-state index contributed by atoms with van der Waals surface area (Å²) in [6.07, 6.45) is 6.62. The summed E-state index contributed by atoms with van der Waals surface area (Å²) in [6.45, 7) is 2.96. The van der Waals surface area contributed by atoms with Gasteiger partial charge in [-0.1, -0.05) is 44.4 Å². The number of carbonyl (C=O) groups excluding carboxylic acids is 1. The summed E-state index contributed by atoms with van der Waals surface area (Å²) in [5.41, 5.74) is 1.87. The first kappa shape index (κ1) is 13.7. The topological polar surface area (TPSA) is 34.0 Å². The largest absolute Gasteiger partial charge is 0.352 e. The molecule has 2 rings (SSSR count). The van der Waals surface area contributed by atoms with Gasteiger partial charge in [0.05, 0.1) is 5.56 Å². The lowest BCUT2D eigenvalue weighted by atomic mass is 10.1. The monoisotopic (exact) mass is 258 g/mol. The van der Waals surface area contributed by atoms with E-state index in [2.05, 4.69) is 12.2 Å². The maximum Gasteiger partial charge on any atom is 0.253 e. The molecule has 0 spiro atoms. The molecule has 1 aromatic carbocycles. The highest BCUT2D eigenvalue weighted by Gasteiger charge is 2.12. The average molecular weight is 258 g/mol. The molecule has 1 N–H and O–H groups in total. The number of para-hydroxylation sites is 1. The summed E-state index contributed by atoms with van der Waals surface area (Å²) in [5, 5.41) is 4.04. The lowest BCUT2D eigenvalue weighted by Gasteiger charge is -2.03. The zero-order valence-corrected chi connectivity index (χ0v) is 11.8. The van der Waals surface area contributed by atoms with Crippen molar-refractivity contribution in [3.05, 3.63) is 36.0 Å². The van der Waals surface area contributed by atoms with E-state index in [0.717, 1.165) is 29.4 Å². The van der Waals surface area contributed by atoms with E-state index in [1.165, 1.54) is 19.3 Å². The molecule has 1 aromatic heterocycles. The number of amides is 1. The minimum atomic E-state index is 0.0355. The fraction of sp³-hybridized carbons (Fsp3) is 0.438. The van der Waals surface area contributed by atoms with Crippen LogP contribution in [0.25, 0.3) is 10.9 Å². The van der Waals surface area contributed by atoms with Crippen LogP contribution in [0.2, 0.25) is 0 Å². The maximum absolute atomic E-state index is 12.2. The normalized spacial score (nSPS) is 10.8. The zero-order chi connectivity index (χ0) is 13.7. The average Bonchev–Trinajstić information content (AvgIpc) is 2.76. The fourth-order valence-corrected chi connectivity index (χ4v) is 2.37. The highest BCUT2D eigenvalue weighted by molar-refractivity contribution is 6.06. The van der Waals surface area contributed by atoms with Gasteiger partial charge in [-0.3, -0.25) is 4.79 Å². The molecule has 19 heavy (non-hydrogen) atoms. The van der Waals surface area contributed by atoms with Crippen molar-refractivity contribution in [1.82, 2.24) is 9.88 Å². The fourth-order valence-electron chi connectivity index (χ4n) is 2.37. The second-order valence-electron chi connectivity index (χ2n) is 4.99. The lowest BCUT2D eigenvalue weighted by molar-refractivity contribution is 0.0954. The lowest BCUT2D eigenvalue weighted by Crippen LogP contribution is -2.24. The number of nitrogens with zero attached hydrogens (tertiary/aromatic N) is 1. The number of hydrogen-bond donors (Lipinski definition) is 1. The van der Waals surface area contributed by atoms with Crippen LogP contribution < -0.4 is 5.32 Å². The van der Waals surface area contributed by atoms with Crippen molar-refractivity contribution < 1.29 is 4.79 Å². The maximum atomic E-state index is 12.2. The molecule has 0 unspecified atom stereocenters. The molecule has 1 amide bonds. The van der Waals surface area contributed by atoms with Gasteiger partial charge in [-0.05, 0) is 12.5 Å². The summed E-state index contributed by atoms with van der Waals surface area (Å²) in [7, 11) is 1.97. The van der Waals surface area contributed by atoms with E-state index >= 15 is 0 Å². The Balaban J connectivity index is 2.01. The summed E-state index contributed by atoms with van der Waals surface area (Å²) in [4.78, 5) is 12.2. The summed E-state index contributed by atoms with van der Waals surface area (Å²) in [5.74, 6) is 0.0355. The van der Waals surface area contributed by atoms with Gasteiger partial charge < -0.3 is 9.88 Å². The molecule has 2 aromatic rings. The van der Waals surface area contributed by atoms with Crippen LogP contribution in [0, 0.1) is 0 Å². The Morgan fingerprint density at radius 2 is 2.00 bits per heavy atom. The van der Waals surface area contributed by atoms with E-state index in [0.29, 0.717) is 0 Å². The number of hydrogen-bond acceptors (Lipinski definition) is 1. The van der Waals surface area contributed by atoms with Gasteiger partial charge in [0, 0.05) is 30.7 Å². The van der Waals surface area contributed by atoms with Crippen molar-refractivity contribution in [2.75, 3.05) is 6.54 Å². The molecule has 102 valence electrons. The second kappa shape index (κ2) is 6.41. The molecular formula is C16H22N2O. The molecule has 0 aliphatic heterocycles. The number of benzene rings is 1. The van der Waals surface area contributed by atoms with Crippen molar-refractivity contribution >= 4 is 16.8 Å². The summed E-state index contributed by atoms with van der Waals surface area (Å²) in [6, 6.07) is 8.00. The molecule has 0 saturated carbocycles. The van der Waals surface area contributed by atoms with Gasteiger partial charge in [0.1, 0.15) is 0 Å². The van der Waals surface area contributed by atoms with Crippen LogP contribution in [-0.2, 0) is 7.05 Å². The molecule has 0 radical (unpaired) electrons. The van der Waals surface area contributed by atoms with Crippen molar-refractivity contribution in [3.63, 3.8) is 0 Å². The summed E-state index contributed by atoms with van der Waals surface area (Å²) >= 11 is 0. The van der Waals surface area contributed by atoms with E-state index in [-0.39, 0.29) is 5.91 Å². The minimum absolute atomic E-state index is 0.0355. The van der Waals surface area contributed by atoms with Gasteiger partial charge in [0.25, 0.3) is 5.91 Å². The van der Waals surface area contributed by atoms with Gasteiger partial charge in [-0.25, -0.2) is 0 Å². The Labute approximate surface area is 114 Å². The summed E-state index contributed by atoms with van der Waals surface area (Å²) < 4.78 is 2.00. The number of aromatic nitrogens is 1. The van der Waals surface area contributed by atoms with E-state index in [1.54, 1.807) is 0 Å². The number of fused-ring (bicyclic) bond motifs is 1. The minimum Gasteiger partial charge on any atom is -0.352 e. The van der Waals surface area contributed by atoms with Crippen LogP contribution in [0.1, 0.15) is 43.0 Å². The third-order valence-electron chi connectivity index (χ3n) is 3.46. The second-order valence-corrected chi connectivity index (χ2v) is 4.99. The number of unbranched alkanes of at least 4 members (excludes halogenated alkanes) is 3. The van der Waals surface area contributed by atoms with Crippen molar-refractivity contribution in [1.29, 1.82) is 0 Å². The smallest absolute Gasteiger partial charge is 0.253 e. The van der Waals surface area contributed by atoms with Gasteiger partial charge >= 0.3 is 0 Å². The Morgan fingerprint density at radius 1 is 1.21 bits per heavy atom. The SMILES string of the molecule is CCCCCCNC(=O)c1cn(C)c2ccccc12. The van der Waals surface area contributed by atoms with E-state index in [9.17, 15) is 4.79 Å². The predicted molar refractivity (Wildman–Crippen MR) is 79.4 cm³/mol. The molecule has 0 atom stereocenters. The van der Waals surface area contributed by atoms with Gasteiger partial charge in [-0.15, -0.1) is 0 Å². The molecule has 1 heterocycles. The number of aryl methyl sites for hydroxylation is 1. The zero-order valence-electron chi connectivity index (χ0n) is 11.8. The van der Waals surface area contributed by atoms with Crippen molar-refractivity contribution in [3.8, 4) is 0 Å². The molecule has 0 saturated heterocycles. The third kappa shape index (κ3) is 3.16. The number of carbonyl (C=O) groups is 1. The van der Waals surface area contributed by atoms with E-state index in [4.69, 9.17) is 0 Å². The van der Waals surface area contributed by atoms with Crippen LogP contribution in [0.15, 0.2) is 30.5 Å². The molecule has 0 fully saturated rings. The molecule has 0 bridgehead atoms. The third-order valence-corrected chi connectivity index (χ3v) is 3.46. The first-order valence-corrected chi connectivity index (χ1v) is 7.06. The van der Waals surface area contributed by atoms with Crippen LogP contribution in [-0.4, -0.2) is 17.0 Å². The van der Waals surface area contributed by atoms with Crippen LogP contribution in [0.5, 0.6) is 0 Å². The molecule has 3 nitrogen and oxygen atoms in total. The number of nitrogens with one attached hydrogen (secondary N) is 1. The van der Waals surface area contributed by atoms with Crippen molar-refractivity contribution in [2.24, 2.45) is 7.05 Å². The highest BCUT2D eigenvalue weighted by atomic mass is 16.1. The Hall–Kier alpha value is -1.77. The van der Waals surface area contributed by atoms with E-state index < -0.39 is 0 Å². The Kier molecular flexibility index (Phi) is 4.61. The van der Waals surface area contributed by atoms with Crippen LogP contribution >= 0.6 is 0 Å². The Morgan fingerprint density at radius 3 is 2.79 bits per heavy atom.